The van der Waals surface area contributed by atoms with E-state index in [1.165, 1.54) is 16.1 Å². The van der Waals surface area contributed by atoms with Gasteiger partial charge in [-0.25, -0.2) is 8.42 Å². The number of aromatic nitrogens is 3. The highest BCUT2D eigenvalue weighted by molar-refractivity contribution is 7.99. The number of ether oxygens (including phenoxy) is 1. The molecule has 2 aromatic rings. The van der Waals surface area contributed by atoms with Crippen molar-refractivity contribution in [1.82, 2.24) is 24.0 Å². The van der Waals surface area contributed by atoms with Gasteiger partial charge in [0, 0.05) is 38.3 Å². The van der Waals surface area contributed by atoms with E-state index in [2.05, 4.69) is 16.8 Å². The lowest BCUT2D eigenvalue weighted by Crippen LogP contribution is -2.43. The number of sulfonamides is 1. The molecule has 0 N–H and O–H groups in total. The van der Waals surface area contributed by atoms with Crippen molar-refractivity contribution in [2.45, 2.75) is 23.0 Å². The fourth-order valence-electron chi connectivity index (χ4n) is 3.42. The third-order valence-corrected chi connectivity index (χ3v) is 8.11. The summed E-state index contributed by atoms with van der Waals surface area (Å²) in [6, 6.07) is 6.72. The molecule has 9 nitrogen and oxygen atoms in total. The molecule has 1 aromatic carbocycles. The molecule has 1 amide bonds. The summed E-state index contributed by atoms with van der Waals surface area (Å²) in [6.45, 7) is 7.34. The van der Waals surface area contributed by atoms with Crippen LogP contribution in [0.2, 0.25) is 0 Å². The predicted molar refractivity (Wildman–Crippen MR) is 117 cm³/mol. The molecule has 2 fully saturated rings. The van der Waals surface area contributed by atoms with E-state index >= 15 is 0 Å². The first kappa shape index (κ1) is 22.0. The largest absolute Gasteiger partial charge is 0.379 e. The summed E-state index contributed by atoms with van der Waals surface area (Å²) in [4.78, 5) is 14.2. The predicted octanol–water partition coefficient (Wildman–Crippen LogP) is 1.48. The summed E-state index contributed by atoms with van der Waals surface area (Å²) >= 11 is 1.33. The summed E-state index contributed by atoms with van der Waals surface area (Å²) in [6.07, 6.45) is 2.78. The van der Waals surface area contributed by atoms with Gasteiger partial charge in [-0.05, 0) is 18.6 Å². The molecule has 0 radical (unpaired) electrons. The Kier molecular flexibility index (Phi) is 6.75. The highest BCUT2D eigenvalue weighted by atomic mass is 32.2. The van der Waals surface area contributed by atoms with Crippen LogP contribution >= 0.6 is 11.8 Å². The van der Waals surface area contributed by atoms with E-state index in [9.17, 15) is 13.2 Å². The van der Waals surface area contributed by atoms with Crippen LogP contribution in [0.15, 0.2) is 47.0 Å². The second-order valence-electron chi connectivity index (χ2n) is 7.27. The second-order valence-corrected chi connectivity index (χ2v) is 10.2. The molecule has 0 atom stereocenters. The van der Waals surface area contributed by atoms with Crippen molar-refractivity contribution in [3.8, 4) is 11.4 Å². The van der Waals surface area contributed by atoms with Crippen molar-refractivity contribution in [2.75, 3.05) is 45.1 Å². The van der Waals surface area contributed by atoms with Gasteiger partial charge in [-0.2, -0.15) is 4.31 Å². The summed E-state index contributed by atoms with van der Waals surface area (Å²) in [5.74, 6) is 0.920. The van der Waals surface area contributed by atoms with E-state index in [0.29, 0.717) is 55.1 Å². The molecule has 11 heteroatoms. The van der Waals surface area contributed by atoms with Crippen LogP contribution in [0.25, 0.3) is 11.4 Å². The fraction of sp³-hybridized carbons (Fsp3) is 0.450. The smallest absolute Gasteiger partial charge is 0.243 e. The van der Waals surface area contributed by atoms with Gasteiger partial charge in [-0.3, -0.25) is 9.36 Å². The maximum atomic E-state index is 13.0. The lowest BCUT2D eigenvalue weighted by atomic mass is 10.2. The zero-order chi connectivity index (χ0) is 21.8. The summed E-state index contributed by atoms with van der Waals surface area (Å²) in [5, 5.41) is 9.14. The number of nitrogens with zero attached hydrogens (tertiary/aromatic N) is 5. The second kappa shape index (κ2) is 9.51. The zero-order valence-electron chi connectivity index (χ0n) is 17.1. The number of amides is 1. The fourth-order valence-corrected chi connectivity index (χ4v) is 5.72. The normalized spacial score (nSPS) is 17.4. The molecule has 0 spiro atoms. The third kappa shape index (κ3) is 4.69. The maximum absolute atomic E-state index is 13.0. The van der Waals surface area contributed by atoms with E-state index < -0.39 is 10.0 Å². The van der Waals surface area contributed by atoms with E-state index in [1.54, 1.807) is 24.3 Å². The van der Waals surface area contributed by atoms with Crippen LogP contribution in [0.1, 0.15) is 6.42 Å². The number of likely N-dealkylation sites (tertiary alicyclic amines) is 1. The molecular formula is C20H25N5O4S2. The molecule has 3 heterocycles. The van der Waals surface area contributed by atoms with Crippen molar-refractivity contribution >= 4 is 27.7 Å². The Morgan fingerprint density at radius 1 is 1.19 bits per heavy atom. The number of benzene rings is 1. The lowest BCUT2D eigenvalue weighted by molar-refractivity contribution is -0.131. The monoisotopic (exact) mass is 463 g/mol. The minimum atomic E-state index is -3.62. The van der Waals surface area contributed by atoms with Gasteiger partial charge >= 0.3 is 0 Å². The lowest BCUT2D eigenvalue weighted by Gasteiger charge is -2.30. The van der Waals surface area contributed by atoms with Crippen LogP contribution in [0.5, 0.6) is 0 Å². The zero-order valence-corrected chi connectivity index (χ0v) is 18.8. The minimum absolute atomic E-state index is 0.0876. The average Bonchev–Trinajstić information content (AvgIpc) is 3.14. The van der Waals surface area contributed by atoms with Crippen molar-refractivity contribution in [2.24, 2.45) is 0 Å². The Labute approximate surface area is 186 Å². The Bertz CT molecular complexity index is 1060. The molecule has 0 bridgehead atoms. The van der Waals surface area contributed by atoms with Gasteiger partial charge in [-0.1, -0.05) is 30.0 Å². The number of allylic oxidation sites excluding steroid dienone is 1. The highest BCUT2D eigenvalue weighted by Crippen LogP contribution is 2.27. The minimum Gasteiger partial charge on any atom is -0.379 e. The Balaban J connectivity index is 1.58. The molecule has 0 aliphatic carbocycles. The standard InChI is InChI=1S/C20H25N5O4S2/c1-2-7-25-19(21-22-20(25)30-15-18(26)23-8-4-9-23)16-5-3-6-17(14-16)31(27,28)24-10-12-29-13-11-24/h2-3,5-6,14H,1,4,7-13,15H2. The quantitative estimate of drug-likeness (QED) is 0.432. The Morgan fingerprint density at radius 2 is 1.97 bits per heavy atom. The molecule has 0 saturated carbocycles. The van der Waals surface area contributed by atoms with Crippen LogP contribution in [0.4, 0.5) is 0 Å². The van der Waals surface area contributed by atoms with Crippen LogP contribution in [0, 0.1) is 0 Å². The van der Waals surface area contributed by atoms with Crippen molar-refractivity contribution in [1.29, 1.82) is 0 Å². The number of carbonyl (C=O) groups is 1. The first-order chi connectivity index (χ1) is 15.0. The number of carbonyl (C=O) groups excluding carboxylic acids is 1. The third-order valence-electron chi connectivity index (χ3n) is 5.26. The van der Waals surface area contributed by atoms with Crippen LogP contribution in [-0.2, 0) is 26.1 Å². The summed E-state index contributed by atoms with van der Waals surface area (Å²) < 4.78 is 34.6. The number of rotatable bonds is 8. The molecule has 2 saturated heterocycles. The molecule has 1 aromatic heterocycles. The van der Waals surface area contributed by atoms with Gasteiger partial charge in [-0.15, -0.1) is 16.8 Å². The van der Waals surface area contributed by atoms with Gasteiger partial charge in [0.15, 0.2) is 11.0 Å². The van der Waals surface area contributed by atoms with Gasteiger partial charge in [0.05, 0.1) is 23.9 Å². The molecule has 2 aliphatic rings. The van der Waals surface area contributed by atoms with Crippen LogP contribution in [0.3, 0.4) is 0 Å². The van der Waals surface area contributed by atoms with Gasteiger partial charge in [0.1, 0.15) is 0 Å². The van der Waals surface area contributed by atoms with Crippen LogP contribution < -0.4 is 0 Å². The van der Waals surface area contributed by atoms with Crippen LogP contribution in [-0.4, -0.2) is 83.4 Å². The summed E-state index contributed by atoms with van der Waals surface area (Å²) in [5.41, 5.74) is 0.643. The SMILES string of the molecule is C=CCn1c(SCC(=O)N2CCC2)nnc1-c1cccc(S(=O)(=O)N2CCOCC2)c1. The van der Waals surface area contributed by atoms with E-state index in [-0.39, 0.29) is 10.8 Å². The van der Waals surface area contributed by atoms with Gasteiger partial charge < -0.3 is 9.64 Å². The summed E-state index contributed by atoms with van der Waals surface area (Å²) in [7, 11) is -3.62. The molecule has 31 heavy (non-hydrogen) atoms. The Hall–Kier alpha value is -2.21. The van der Waals surface area contributed by atoms with Gasteiger partial charge in [0.25, 0.3) is 0 Å². The van der Waals surface area contributed by atoms with Crippen molar-refractivity contribution in [3.63, 3.8) is 0 Å². The molecule has 4 rings (SSSR count). The van der Waals surface area contributed by atoms with Crippen molar-refractivity contribution < 1.29 is 17.9 Å². The van der Waals surface area contributed by atoms with E-state index in [1.807, 2.05) is 15.5 Å². The average molecular weight is 464 g/mol. The topological polar surface area (TPSA) is 97.6 Å². The first-order valence-electron chi connectivity index (χ1n) is 10.1. The highest BCUT2D eigenvalue weighted by Gasteiger charge is 2.27. The molecule has 2 aliphatic heterocycles. The number of hydrogen-bond donors (Lipinski definition) is 0. The number of morpholine rings is 1. The number of hydrogen-bond acceptors (Lipinski definition) is 7. The molecule has 0 unspecified atom stereocenters. The van der Waals surface area contributed by atoms with Crippen molar-refractivity contribution in [3.05, 3.63) is 36.9 Å². The van der Waals surface area contributed by atoms with Gasteiger partial charge in [0.2, 0.25) is 15.9 Å². The number of thioether (sulfide) groups is 1. The molecule has 166 valence electrons. The first-order valence-corrected chi connectivity index (χ1v) is 12.6. The van der Waals surface area contributed by atoms with E-state index in [0.717, 1.165) is 19.5 Å². The maximum Gasteiger partial charge on any atom is 0.243 e. The molecular weight excluding hydrogens is 438 g/mol. The van der Waals surface area contributed by atoms with E-state index in [4.69, 9.17) is 4.74 Å². The Morgan fingerprint density at radius 3 is 2.65 bits per heavy atom.